The van der Waals surface area contributed by atoms with Gasteiger partial charge in [0.25, 0.3) is 0 Å². The van der Waals surface area contributed by atoms with Gasteiger partial charge in [-0.05, 0) is 114 Å². The summed E-state index contributed by atoms with van der Waals surface area (Å²) in [4.78, 5) is 51.2. The average molecular weight is 870 g/mol. The molecular formula is C54H51N3O8. The zero-order chi connectivity index (χ0) is 44.7. The van der Waals surface area contributed by atoms with Gasteiger partial charge in [0, 0.05) is 24.3 Å². The van der Waals surface area contributed by atoms with E-state index in [1.165, 1.54) is 0 Å². The molecule has 4 aliphatic heterocycles. The number of ether oxygens (including phenoxy) is 4. The minimum atomic E-state index is -1.66. The summed E-state index contributed by atoms with van der Waals surface area (Å²) in [5.74, 6) is 5.94. The molecule has 0 radical (unpaired) electrons. The highest BCUT2D eigenvalue weighted by molar-refractivity contribution is 6.12. The standard InChI is InChI=1S/C54H51N3O8/c1-62-44-31-39-26-27-56(33-40(39)32-45(44)63-2)51(59)46-48-52(60)65-49(37-16-10-5-11-17-37)47(36-14-8-4-9-15-36)57(48)50(38-21-23-41(24-22-38)64-29-28-58)54(46)42-30-35(20-25-43(42)55-53(54)61)19-18-34-12-6-3-7-13-34/h4-5,8-12,14-17,20-25,30-32,46-50,58H,3,6-7,13,26-29,33H2,1-2H3,(H,55,61)/t46-,47-,48-,49+,50+,54-/m1/s1. The van der Waals surface area contributed by atoms with Crippen molar-refractivity contribution in [1.29, 1.82) is 0 Å². The van der Waals surface area contributed by atoms with E-state index in [4.69, 9.17) is 18.9 Å². The van der Waals surface area contributed by atoms with E-state index in [-0.39, 0.29) is 31.6 Å². The van der Waals surface area contributed by atoms with Crippen LogP contribution in [0.5, 0.6) is 17.2 Å². The number of morpholine rings is 1. The number of hydrogen-bond donors (Lipinski definition) is 2. The number of benzene rings is 5. The molecule has 2 saturated heterocycles. The van der Waals surface area contributed by atoms with E-state index in [0.29, 0.717) is 52.6 Å². The van der Waals surface area contributed by atoms with Gasteiger partial charge < -0.3 is 34.3 Å². The molecule has 2 N–H and O–H groups in total. The number of fused-ring (bicyclic) bond motifs is 4. The average Bonchev–Trinajstić information content (AvgIpc) is 3.83. The van der Waals surface area contributed by atoms with E-state index < -0.39 is 41.5 Å². The van der Waals surface area contributed by atoms with Crippen LogP contribution in [0.15, 0.2) is 127 Å². The predicted octanol–water partition coefficient (Wildman–Crippen LogP) is 7.78. The highest BCUT2D eigenvalue weighted by atomic mass is 16.6. The number of hydrogen-bond acceptors (Lipinski definition) is 9. The first-order chi connectivity index (χ1) is 31.8. The Morgan fingerprint density at radius 1 is 0.815 bits per heavy atom. The predicted molar refractivity (Wildman–Crippen MR) is 244 cm³/mol. The van der Waals surface area contributed by atoms with Crippen molar-refractivity contribution in [2.24, 2.45) is 5.92 Å². The van der Waals surface area contributed by atoms with Crippen molar-refractivity contribution in [2.75, 3.05) is 39.3 Å². The summed E-state index contributed by atoms with van der Waals surface area (Å²) >= 11 is 0. The number of aliphatic hydroxyl groups excluding tert-OH is 1. The number of aliphatic hydroxyl groups is 1. The zero-order valence-corrected chi connectivity index (χ0v) is 36.5. The van der Waals surface area contributed by atoms with Crippen LogP contribution in [-0.2, 0) is 37.5 Å². The Bertz CT molecular complexity index is 2730. The van der Waals surface area contributed by atoms with Gasteiger partial charge in [0.1, 0.15) is 29.9 Å². The summed E-state index contributed by atoms with van der Waals surface area (Å²) in [7, 11) is 3.18. The third-order valence-electron chi connectivity index (χ3n) is 13.8. The molecule has 11 nitrogen and oxygen atoms in total. The topological polar surface area (TPSA) is 127 Å². The number of nitrogens with zero attached hydrogens (tertiary/aromatic N) is 2. The Morgan fingerprint density at radius 3 is 2.23 bits per heavy atom. The number of cyclic esters (lactones) is 1. The second-order valence-electron chi connectivity index (χ2n) is 17.3. The molecule has 10 rings (SSSR count). The lowest BCUT2D eigenvalue weighted by molar-refractivity contribution is -0.179. The first kappa shape index (κ1) is 42.1. The number of allylic oxidation sites excluding steroid dienone is 2. The fourth-order valence-electron chi connectivity index (χ4n) is 10.9. The lowest BCUT2D eigenvalue weighted by atomic mass is 9.65. The molecule has 330 valence electrons. The summed E-state index contributed by atoms with van der Waals surface area (Å²) in [6, 6.07) is 33.9. The monoisotopic (exact) mass is 869 g/mol. The third kappa shape index (κ3) is 7.31. The molecule has 2 amide bonds. The minimum Gasteiger partial charge on any atom is -0.493 e. The van der Waals surface area contributed by atoms with Crippen LogP contribution in [-0.4, -0.2) is 72.7 Å². The first-order valence-electron chi connectivity index (χ1n) is 22.4. The summed E-state index contributed by atoms with van der Waals surface area (Å²) in [6.45, 7) is 0.525. The first-order valence-corrected chi connectivity index (χ1v) is 22.4. The van der Waals surface area contributed by atoms with Crippen molar-refractivity contribution >= 4 is 23.5 Å². The summed E-state index contributed by atoms with van der Waals surface area (Å²) < 4.78 is 23.8. The maximum absolute atomic E-state index is 16.1. The van der Waals surface area contributed by atoms with Crippen molar-refractivity contribution < 1.29 is 38.4 Å². The van der Waals surface area contributed by atoms with E-state index in [9.17, 15) is 5.11 Å². The summed E-state index contributed by atoms with van der Waals surface area (Å²) in [5, 5.41) is 12.8. The fourth-order valence-corrected chi connectivity index (χ4v) is 10.9. The molecule has 0 saturated carbocycles. The molecule has 0 unspecified atom stereocenters. The van der Waals surface area contributed by atoms with Crippen molar-refractivity contribution in [1.82, 2.24) is 9.80 Å². The number of nitrogens with one attached hydrogen (secondary N) is 1. The van der Waals surface area contributed by atoms with Crippen LogP contribution < -0.4 is 19.5 Å². The minimum absolute atomic E-state index is 0.103. The number of methoxy groups -OCH3 is 2. The number of carbonyl (C=O) groups excluding carboxylic acids is 3. The van der Waals surface area contributed by atoms with Crippen LogP contribution in [0.2, 0.25) is 0 Å². The third-order valence-corrected chi connectivity index (χ3v) is 13.8. The maximum Gasteiger partial charge on any atom is 0.324 e. The van der Waals surface area contributed by atoms with Crippen molar-refractivity contribution in [3.63, 3.8) is 0 Å². The highest BCUT2D eigenvalue weighted by Crippen LogP contribution is 2.65. The largest absolute Gasteiger partial charge is 0.493 e. The van der Waals surface area contributed by atoms with E-state index in [0.717, 1.165) is 53.5 Å². The maximum atomic E-state index is 16.1. The number of amides is 2. The Morgan fingerprint density at radius 2 is 1.54 bits per heavy atom. The Balaban J connectivity index is 1.21. The molecule has 4 heterocycles. The molecule has 11 heteroatoms. The molecule has 5 aromatic rings. The van der Waals surface area contributed by atoms with Gasteiger partial charge in [-0.15, -0.1) is 0 Å². The molecule has 2 fully saturated rings. The van der Waals surface area contributed by atoms with Gasteiger partial charge in [0.15, 0.2) is 11.5 Å². The van der Waals surface area contributed by atoms with Crippen molar-refractivity contribution in [3.05, 3.63) is 166 Å². The van der Waals surface area contributed by atoms with Crippen LogP contribution in [0.3, 0.4) is 0 Å². The second-order valence-corrected chi connectivity index (χ2v) is 17.3. The Labute approximate surface area is 379 Å². The lowest BCUT2D eigenvalue weighted by Gasteiger charge is -2.46. The van der Waals surface area contributed by atoms with Crippen LogP contribution in [0.25, 0.3) is 0 Å². The van der Waals surface area contributed by atoms with Crippen molar-refractivity contribution in [2.45, 2.75) is 68.3 Å². The van der Waals surface area contributed by atoms with Crippen LogP contribution >= 0.6 is 0 Å². The SMILES string of the molecule is COc1cc2c(cc1OC)CN(C(=O)[C@H]1[C@@H]3C(=O)O[C@@H](c4ccccc4)[C@@H](c4ccccc4)N3[C@@H](c3ccc(OCCO)cc3)[C@]13C(=O)Nc1ccc(C#CC4=CCCCC4)cc13)CC2. The molecule has 5 aliphatic rings. The summed E-state index contributed by atoms with van der Waals surface area (Å²) in [5.41, 5.74) is 5.57. The van der Waals surface area contributed by atoms with E-state index >= 15 is 14.4 Å². The van der Waals surface area contributed by atoms with E-state index in [1.807, 2.05) is 115 Å². The van der Waals surface area contributed by atoms with Gasteiger partial charge in [-0.1, -0.05) is 90.7 Å². The molecule has 6 atom stereocenters. The molecule has 0 aromatic heterocycles. The highest BCUT2D eigenvalue weighted by Gasteiger charge is 2.74. The van der Waals surface area contributed by atoms with Crippen molar-refractivity contribution in [3.8, 4) is 29.1 Å². The molecule has 5 aromatic carbocycles. The lowest BCUT2D eigenvalue weighted by Crippen LogP contribution is -2.56. The molecule has 65 heavy (non-hydrogen) atoms. The van der Waals surface area contributed by atoms with Gasteiger partial charge in [-0.3, -0.25) is 19.3 Å². The van der Waals surface area contributed by atoms with E-state index in [1.54, 1.807) is 19.1 Å². The quantitative estimate of drug-likeness (QED) is 0.113. The summed E-state index contributed by atoms with van der Waals surface area (Å²) in [6.07, 6.45) is 6.07. The van der Waals surface area contributed by atoms with Gasteiger partial charge >= 0.3 is 5.97 Å². The number of anilines is 1. The number of rotatable bonds is 9. The van der Waals surface area contributed by atoms with Crippen LogP contribution in [0, 0.1) is 17.8 Å². The normalized spacial score (nSPS) is 24.4. The molecular weight excluding hydrogens is 819 g/mol. The Hall–Kier alpha value is -6.87. The number of esters is 1. The zero-order valence-electron chi connectivity index (χ0n) is 36.5. The van der Waals surface area contributed by atoms with Gasteiger partial charge in [0.05, 0.1) is 38.8 Å². The Kier molecular flexibility index (Phi) is 11.4. The van der Waals surface area contributed by atoms with E-state index in [2.05, 4.69) is 28.1 Å². The smallest absolute Gasteiger partial charge is 0.324 e. The van der Waals surface area contributed by atoms with Gasteiger partial charge in [-0.25, -0.2) is 0 Å². The van der Waals surface area contributed by atoms with Gasteiger partial charge in [0.2, 0.25) is 11.8 Å². The van der Waals surface area contributed by atoms with Crippen LogP contribution in [0.4, 0.5) is 5.69 Å². The number of carbonyl (C=O) groups is 3. The van der Waals surface area contributed by atoms with Gasteiger partial charge in [-0.2, -0.15) is 0 Å². The molecule has 0 bridgehead atoms. The fraction of sp³-hybridized carbons (Fsp3) is 0.315. The second kappa shape index (κ2) is 17.6. The van der Waals surface area contributed by atoms with Crippen LogP contribution in [0.1, 0.15) is 82.8 Å². The molecule has 1 aliphatic carbocycles. The molecule has 1 spiro atoms.